The molecule has 2 aliphatic carbocycles. The summed E-state index contributed by atoms with van der Waals surface area (Å²) < 4.78 is 5.82. The molecule has 0 fully saturated rings. The standard InChI is InChI=1S/C28H22O4/c29-18-15-20-9-7-19(8-10-20)11-12-25(31)32-24-6-2-4-22-14-17-28(27(22)24)16-13-21-3-1-5-23(30)26(21)28/h1-12,15,30H,13-14,16-17H2/b12-11+/t28-/m1/s1. The molecule has 3 aromatic rings. The van der Waals surface area contributed by atoms with Crippen molar-refractivity contribution in [1.82, 2.24) is 0 Å². The number of hydrogen-bond acceptors (Lipinski definition) is 4. The third kappa shape index (κ3) is 3.35. The summed E-state index contributed by atoms with van der Waals surface area (Å²) in [5.74, 6) is 2.19. The minimum atomic E-state index is -0.451. The highest BCUT2D eigenvalue weighted by Crippen LogP contribution is 2.57. The monoisotopic (exact) mass is 422 g/mol. The van der Waals surface area contributed by atoms with Crippen LogP contribution >= 0.6 is 0 Å². The van der Waals surface area contributed by atoms with Gasteiger partial charge in [0.15, 0.2) is 0 Å². The number of phenols is 1. The van der Waals surface area contributed by atoms with Crippen molar-refractivity contribution in [1.29, 1.82) is 0 Å². The molecule has 4 heteroatoms. The normalized spacial score (nSPS) is 18.4. The Labute approximate surface area is 186 Å². The zero-order valence-electron chi connectivity index (χ0n) is 17.5. The van der Waals surface area contributed by atoms with E-state index in [1.54, 1.807) is 30.2 Å². The predicted molar refractivity (Wildman–Crippen MR) is 123 cm³/mol. The average Bonchev–Trinajstić information content (AvgIpc) is 3.37. The van der Waals surface area contributed by atoms with E-state index in [1.165, 1.54) is 23.3 Å². The zero-order chi connectivity index (χ0) is 22.1. The van der Waals surface area contributed by atoms with Gasteiger partial charge >= 0.3 is 5.97 Å². The Morgan fingerprint density at radius 2 is 1.56 bits per heavy atom. The van der Waals surface area contributed by atoms with Crippen LogP contribution in [-0.2, 0) is 27.8 Å². The largest absolute Gasteiger partial charge is 0.508 e. The number of carbonyl (C=O) groups excluding carboxylic acids is 2. The molecule has 0 saturated carbocycles. The van der Waals surface area contributed by atoms with E-state index in [4.69, 9.17) is 4.74 Å². The summed E-state index contributed by atoms with van der Waals surface area (Å²) >= 11 is 0. The van der Waals surface area contributed by atoms with Gasteiger partial charge in [-0.25, -0.2) is 9.59 Å². The number of benzene rings is 3. The lowest BCUT2D eigenvalue weighted by Gasteiger charge is -2.28. The second kappa shape index (κ2) is 7.99. The number of ether oxygens (including phenoxy) is 1. The molecule has 5 rings (SSSR count). The number of phenolic OH excluding ortho intramolecular Hbond substituents is 1. The van der Waals surface area contributed by atoms with E-state index < -0.39 is 5.97 Å². The maximum absolute atomic E-state index is 12.7. The number of hydrogen-bond donors (Lipinski definition) is 1. The lowest BCUT2D eigenvalue weighted by atomic mass is 9.76. The number of rotatable bonds is 4. The highest BCUT2D eigenvalue weighted by Gasteiger charge is 2.48. The summed E-state index contributed by atoms with van der Waals surface area (Å²) in [6.45, 7) is 0. The Balaban J connectivity index is 1.43. The first-order valence-electron chi connectivity index (χ1n) is 10.8. The molecular weight excluding hydrogens is 400 g/mol. The molecule has 0 amide bonds. The second-order valence-electron chi connectivity index (χ2n) is 8.37. The third-order valence-corrected chi connectivity index (χ3v) is 6.63. The van der Waals surface area contributed by atoms with E-state index in [0.29, 0.717) is 11.5 Å². The molecule has 158 valence electrons. The highest BCUT2D eigenvalue weighted by molar-refractivity contribution is 5.89. The fourth-order valence-electron chi connectivity index (χ4n) is 5.28. The molecule has 4 nitrogen and oxygen atoms in total. The Morgan fingerprint density at radius 3 is 2.28 bits per heavy atom. The number of carbonyl (C=O) groups is 1. The van der Waals surface area contributed by atoms with Gasteiger partial charge < -0.3 is 9.84 Å². The maximum atomic E-state index is 12.7. The lowest BCUT2D eigenvalue weighted by Crippen LogP contribution is -2.23. The molecular formula is C28H22O4. The fraction of sp³-hybridized carbons (Fsp3) is 0.179. The minimum Gasteiger partial charge on any atom is -0.508 e. The van der Waals surface area contributed by atoms with Crippen LogP contribution < -0.4 is 4.74 Å². The van der Waals surface area contributed by atoms with Gasteiger partial charge in [-0.3, -0.25) is 0 Å². The fourth-order valence-corrected chi connectivity index (χ4v) is 5.28. The molecule has 32 heavy (non-hydrogen) atoms. The van der Waals surface area contributed by atoms with Crippen molar-refractivity contribution in [3.05, 3.63) is 100 Å². The van der Waals surface area contributed by atoms with Crippen LogP contribution in [0.2, 0.25) is 0 Å². The van der Waals surface area contributed by atoms with Crippen LogP contribution in [0.1, 0.15) is 46.2 Å². The number of aromatic hydroxyl groups is 1. The van der Waals surface area contributed by atoms with Gasteiger partial charge in [0.2, 0.25) is 0 Å². The molecule has 0 aromatic heterocycles. The van der Waals surface area contributed by atoms with Crippen LogP contribution in [-0.4, -0.2) is 17.0 Å². The number of esters is 1. The van der Waals surface area contributed by atoms with E-state index in [2.05, 4.69) is 12.1 Å². The van der Waals surface area contributed by atoms with Gasteiger partial charge in [-0.15, -0.1) is 0 Å². The van der Waals surface area contributed by atoms with Gasteiger partial charge in [0.1, 0.15) is 17.4 Å². The molecule has 0 heterocycles. The van der Waals surface area contributed by atoms with Crippen molar-refractivity contribution in [2.75, 3.05) is 0 Å². The van der Waals surface area contributed by atoms with Crippen LogP contribution in [0.25, 0.3) is 12.2 Å². The smallest absolute Gasteiger partial charge is 0.336 e. The Bertz CT molecular complexity index is 1280. The van der Waals surface area contributed by atoms with Crippen molar-refractivity contribution in [3.63, 3.8) is 0 Å². The summed E-state index contributed by atoms with van der Waals surface area (Å²) in [4.78, 5) is 23.1. The van der Waals surface area contributed by atoms with Crippen LogP contribution in [0.3, 0.4) is 0 Å². The first-order valence-corrected chi connectivity index (χ1v) is 10.8. The lowest BCUT2D eigenvalue weighted by molar-refractivity contribution is -0.128. The second-order valence-corrected chi connectivity index (χ2v) is 8.37. The molecule has 3 aromatic carbocycles. The molecule has 0 unspecified atom stereocenters. The van der Waals surface area contributed by atoms with Crippen molar-refractivity contribution in [2.45, 2.75) is 31.1 Å². The van der Waals surface area contributed by atoms with Crippen LogP contribution in [0.15, 0.2) is 66.7 Å². The minimum absolute atomic E-state index is 0.307. The Morgan fingerprint density at radius 1 is 0.906 bits per heavy atom. The predicted octanol–water partition coefficient (Wildman–Crippen LogP) is 5.03. The summed E-state index contributed by atoms with van der Waals surface area (Å²) in [6.07, 6.45) is 8.05. The van der Waals surface area contributed by atoms with Crippen molar-refractivity contribution in [3.8, 4) is 11.5 Å². The molecule has 0 saturated heterocycles. The first-order chi connectivity index (χ1) is 15.6. The summed E-state index contributed by atoms with van der Waals surface area (Å²) in [7, 11) is 0. The van der Waals surface area contributed by atoms with Gasteiger partial charge in [0.05, 0.1) is 0 Å². The molecule has 0 bridgehead atoms. The van der Waals surface area contributed by atoms with Gasteiger partial charge in [-0.2, -0.15) is 0 Å². The zero-order valence-corrected chi connectivity index (χ0v) is 17.5. The number of aryl methyl sites for hydroxylation is 2. The van der Waals surface area contributed by atoms with Crippen molar-refractivity contribution in [2.24, 2.45) is 0 Å². The SMILES string of the molecule is O=C=Cc1ccc(/C=C/C(=O)Oc2cccc3c2[C@]2(CCc4cccc(O)c42)CC3)cc1. The van der Waals surface area contributed by atoms with Crippen molar-refractivity contribution < 1.29 is 19.4 Å². The van der Waals surface area contributed by atoms with Crippen LogP contribution in [0.5, 0.6) is 11.5 Å². The van der Waals surface area contributed by atoms with Crippen molar-refractivity contribution >= 4 is 24.1 Å². The highest BCUT2D eigenvalue weighted by atomic mass is 16.5. The van der Waals surface area contributed by atoms with Gasteiger partial charge in [-0.05, 0) is 66.1 Å². The topological polar surface area (TPSA) is 63.6 Å². The van der Waals surface area contributed by atoms with E-state index >= 15 is 0 Å². The quantitative estimate of drug-likeness (QED) is 0.277. The van der Waals surface area contributed by atoms with Gasteiger partial charge in [0.25, 0.3) is 0 Å². The first kappa shape index (κ1) is 20.0. The molecule has 1 spiro atoms. The van der Waals surface area contributed by atoms with E-state index in [-0.39, 0.29) is 5.41 Å². The summed E-state index contributed by atoms with van der Waals surface area (Å²) in [5, 5.41) is 10.7. The molecule has 1 N–H and O–H groups in total. The van der Waals surface area contributed by atoms with Crippen LogP contribution in [0, 0.1) is 0 Å². The van der Waals surface area contributed by atoms with Gasteiger partial charge in [-0.1, -0.05) is 48.5 Å². The average molecular weight is 422 g/mol. The van der Waals surface area contributed by atoms with Crippen LogP contribution in [0.4, 0.5) is 0 Å². The van der Waals surface area contributed by atoms with Gasteiger partial charge in [0, 0.05) is 28.7 Å². The third-order valence-electron chi connectivity index (χ3n) is 6.63. The summed E-state index contributed by atoms with van der Waals surface area (Å²) in [5.41, 5.74) is 5.65. The maximum Gasteiger partial charge on any atom is 0.336 e. The molecule has 2 aliphatic rings. The molecule has 0 aliphatic heterocycles. The molecule has 1 atom stereocenters. The van der Waals surface area contributed by atoms with E-state index in [0.717, 1.165) is 47.9 Å². The molecule has 0 radical (unpaired) electrons. The Kier molecular flexibility index (Phi) is 5.01. The van der Waals surface area contributed by atoms with E-state index in [9.17, 15) is 14.7 Å². The number of fused-ring (bicyclic) bond motifs is 4. The Hall–Kier alpha value is -3.88. The van der Waals surface area contributed by atoms with E-state index in [1.807, 2.05) is 30.3 Å². The summed E-state index contributed by atoms with van der Waals surface area (Å²) in [6, 6.07) is 18.8.